The van der Waals surface area contributed by atoms with E-state index in [2.05, 4.69) is 25.6 Å². The normalized spacial score (nSPS) is 12.1. The van der Waals surface area contributed by atoms with Gasteiger partial charge in [-0.2, -0.15) is 27.8 Å². The maximum absolute atomic E-state index is 13.6. The van der Waals surface area contributed by atoms with Gasteiger partial charge < -0.3 is 0 Å². The molecule has 0 aliphatic heterocycles. The molecule has 0 atom stereocenters. The Bertz CT molecular complexity index is 691. The summed E-state index contributed by atoms with van der Waals surface area (Å²) in [5.41, 5.74) is 1.39. The van der Waals surface area contributed by atoms with Crippen molar-refractivity contribution in [1.29, 1.82) is 0 Å². The number of nitrogens with zero attached hydrogens (tertiary/aromatic N) is 5. The van der Waals surface area contributed by atoms with Gasteiger partial charge in [0, 0.05) is 12.2 Å². The van der Waals surface area contributed by atoms with Crippen LogP contribution in [0.25, 0.3) is 0 Å². The molecule has 2 aromatic rings. The number of alkyl halides is 3. The van der Waals surface area contributed by atoms with Gasteiger partial charge in [-0.15, -0.1) is 0 Å². The van der Waals surface area contributed by atoms with Crippen LogP contribution in [0.3, 0.4) is 0 Å². The standard InChI is InChI=1S/C12H12F4N6/c1-3-22-10(13)8(6-18-22)5-17-21-11-19-7(2)4-9(20-11)12(14,15)16/h4-6H,3H2,1-2H3,(H,19,20,21)/b17-5-. The molecule has 0 aliphatic rings. The molecule has 6 nitrogen and oxygen atoms in total. The lowest BCUT2D eigenvalue weighted by atomic mass is 10.3. The molecule has 1 N–H and O–H groups in total. The summed E-state index contributed by atoms with van der Waals surface area (Å²) < 4.78 is 52.6. The number of hydrazone groups is 1. The first kappa shape index (κ1) is 15.9. The predicted octanol–water partition coefficient (Wildman–Crippen LogP) is 2.61. The summed E-state index contributed by atoms with van der Waals surface area (Å²) in [5.74, 6) is -0.916. The largest absolute Gasteiger partial charge is 0.433 e. The minimum absolute atomic E-state index is 0.0954. The van der Waals surface area contributed by atoms with Crippen molar-refractivity contribution in [2.75, 3.05) is 5.43 Å². The second-order valence-corrected chi connectivity index (χ2v) is 4.29. The quantitative estimate of drug-likeness (QED) is 0.535. The summed E-state index contributed by atoms with van der Waals surface area (Å²) >= 11 is 0. The first-order valence-corrected chi connectivity index (χ1v) is 6.24. The molecular formula is C12H12F4N6. The third-order valence-corrected chi connectivity index (χ3v) is 2.61. The third-order valence-electron chi connectivity index (χ3n) is 2.61. The van der Waals surface area contributed by atoms with E-state index in [0.29, 0.717) is 6.54 Å². The fourth-order valence-electron chi connectivity index (χ4n) is 1.62. The minimum Gasteiger partial charge on any atom is -0.245 e. The second kappa shape index (κ2) is 6.08. The van der Waals surface area contributed by atoms with Gasteiger partial charge in [-0.3, -0.25) is 0 Å². The van der Waals surface area contributed by atoms with Crippen LogP contribution in [0.5, 0.6) is 0 Å². The van der Waals surface area contributed by atoms with E-state index in [0.717, 1.165) is 17.0 Å². The Kier molecular flexibility index (Phi) is 4.38. The molecule has 0 spiro atoms. The highest BCUT2D eigenvalue weighted by Crippen LogP contribution is 2.28. The van der Waals surface area contributed by atoms with Gasteiger partial charge in [0.15, 0.2) is 0 Å². The van der Waals surface area contributed by atoms with Crippen molar-refractivity contribution in [3.8, 4) is 0 Å². The van der Waals surface area contributed by atoms with Gasteiger partial charge >= 0.3 is 6.18 Å². The van der Waals surface area contributed by atoms with E-state index in [4.69, 9.17) is 0 Å². The maximum atomic E-state index is 13.6. The molecule has 0 amide bonds. The summed E-state index contributed by atoms with van der Waals surface area (Å²) in [6.07, 6.45) is -2.24. The number of halogens is 4. The third kappa shape index (κ3) is 3.57. The zero-order valence-corrected chi connectivity index (χ0v) is 11.7. The number of aryl methyl sites for hydroxylation is 2. The molecule has 0 fully saturated rings. The number of hydrogen-bond donors (Lipinski definition) is 1. The van der Waals surface area contributed by atoms with E-state index < -0.39 is 17.8 Å². The molecule has 0 saturated carbocycles. The van der Waals surface area contributed by atoms with Crippen LogP contribution in [-0.2, 0) is 12.7 Å². The van der Waals surface area contributed by atoms with Crippen molar-refractivity contribution in [2.24, 2.45) is 5.10 Å². The van der Waals surface area contributed by atoms with E-state index >= 15 is 0 Å². The van der Waals surface area contributed by atoms with Crippen molar-refractivity contribution in [2.45, 2.75) is 26.6 Å². The van der Waals surface area contributed by atoms with Gasteiger partial charge in [-0.1, -0.05) is 0 Å². The molecule has 2 rings (SSSR count). The first-order valence-electron chi connectivity index (χ1n) is 6.24. The van der Waals surface area contributed by atoms with Gasteiger partial charge in [0.2, 0.25) is 11.9 Å². The summed E-state index contributed by atoms with van der Waals surface area (Å²) in [6, 6.07) is 0.819. The zero-order chi connectivity index (χ0) is 16.3. The van der Waals surface area contributed by atoms with Crippen LogP contribution >= 0.6 is 0 Å². The fraction of sp³-hybridized carbons (Fsp3) is 0.333. The topological polar surface area (TPSA) is 68.0 Å². The Labute approximate surface area is 122 Å². The number of rotatable bonds is 4. The zero-order valence-electron chi connectivity index (χ0n) is 11.7. The van der Waals surface area contributed by atoms with Crippen LogP contribution in [0.2, 0.25) is 0 Å². The molecule has 0 aromatic carbocycles. The monoisotopic (exact) mass is 316 g/mol. The van der Waals surface area contributed by atoms with E-state index in [1.165, 1.54) is 13.1 Å². The van der Waals surface area contributed by atoms with Crippen LogP contribution in [-0.4, -0.2) is 26.0 Å². The highest BCUT2D eigenvalue weighted by molar-refractivity contribution is 5.79. The molecule has 0 bridgehead atoms. The molecule has 2 aromatic heterocycles. The van der Waals surface area contributed by atoms with E-state index in [1.54, 1.807) is 6.92 Å². The van der Waals surface area contributed by atoms with E-state index in [9.17, 15) is 17.6 Å². The van der Waals surface area contributed by atoms with Crippen LogP contribution < -0.4 is 5.43 Å². The first-order chi connectivity index (χ1) is 10.3. The number of anilines is 1. The van der Waals surface area contributed by atoms with Crippen molar-refractivity contribution in [3.63, 3.8) is 0 Å². The van der Waals surface area contributed by atoms with Gasteiger partial charge in [0.25, 0.3) is 0 Å². The molecule has 22 heavy (non-hydrogen) atoms. The average Bonchev–Trinajstić information content (AvgIpc) is 2.78. The number of nitrogens with one attached hydrogen (secondary N) is 1. The Balaban J connectivity index is 2.16. The Morgan fingerprint density at radius 3 is 2.68 bits per heavy atom. The van der Waals surface area contributed by atoms with E-state index in [1.807, 2.05) is 0 Å². The second-order valence-electron chi connectivity index (χ2n) is 4.29. The van der Waals surface area contributed by atoms with Gasteiger partial charge in [0.1, 0.15) is 5.69 Å². The molecule has 0 unspecified atom stereocenters. The van der Waals surface area contributed by atoms with Crippen molar-refractivity contribution >= 4 is 12.2 Å². The number of hydrogen-bond acceptors (Lipinski definition) is 5. The van der Waals surface area contributed by atoms with Crippen molar-refractivity contribution < 1.29 is 17.6 Å². The summed E-state index contributed by atoms with van der Waals surface area (Å²) in [6.45, 7) is 3.47. The van der Waals surface area contributed by atoms with Gasteiger partial charge in [-0.25, -0.2) is 20.1 Å². The Hall–Kier alpha value is -2.52. The van der Waals surface area contributed by atoms with Gasteiger partial charge in [-0.05, 0) is 19.9 Å². The molecule has 10 heteroatoms. The summed E-state index contributed by atoms with van der Waals surface area (Å²) in [4.78, 5) is 7.08. The van der Waals surface area contributed by atoms with Crippen LogP contribution in [0.4, 0.5) is 23.5 Å². The molecule has 0 aliphatic carbocycles. The SMILES string of the molecule is CCn1ncc(/C=N\Nc2nc(C)cc(C(F)(F)F)n2)c1F. The Morgan fingerprint density at radius 2 is 2.09 bits per heavy atom. The lowest BCUT2D eigenvalue weighted by Crippen LogP contribution is -2.11. The maximum Gasteiger partial charge on any atom is 0.433 e. The summed E-state index contributed by atoms with van der Waals surface area (Å²) in [5, 5.41) is 7.39. The van der Waals surface area contributed by atoms with Crippen LogP contribution in [0.15, 0.2) is 17.4 Å². The van der Waals surface area contributed by atoms with Crippen LogP contribution in [0, 0.1) is 12.9 Å². The molecule has 118 valence electrons. The lowest BCUT2D eigenvalue weighted by molar-refractivity contribution is -0.141. The van der Waals surface area contributed by atoms with Crippen LogP contribution in [0.1, 0.15) is 23.9 Å². The van der Waals surface area contributed by atoms with E-state index in [-0.39, 0.29) is 17.2 Å². The average molecular weight is 316 g/mol. The highest BCUT2D eigenvalue weighted by Gasteiger charge is 2.33. The van der Waals surface area contributed by atoms with Crippen molar-refractivity contribution in [3.05, 3.63) is 35.2 Å². The molecule has 2 heterocycles. The van der Waals surface area contributed by atoms with Gasteiger partial charge in [0.05, 0.1) is 18.0 Å². The molecule has 0 radical (unpaired) electrons. The minimum atomic E-state index is -4.58. The fourth-order valence-corrected chi connectivity index (χ4v) is 1.62. The molecule has 0 saturated heterocycles. The smallest absolute Gasteiger partial charge is 0.245 e. The predicted molar refractivity (Wildman–Crippen MR) is 70.8 cm³/mol. The Morgan fingerprint density at radius 1 is 1.36 bits per heavy atom. The molecular weight excluding hydrogens is 304 g/mol. The number of aromatic nitrogens is 4. The lowest BCUT2D eigenvalue weighted by Gasteiger charge is -2.07. The van der Waals surface area contributed by atoms with Crippen molar-refractivity contribution in [1.82, 2.24) is 19.7 Å². The summed E-state index contributed by atoms with van der Waals surface area (Å²) in [7, 11) is 0. The highest BCUT2D eigenvalue weighted by atomic mass is 19.4.